The molecule has 2 aliphatic rings. The van der Waals surface area contributed by atoms with Gasteiger partial charge in [-0.2, -0.15) is 0 Å². The van der Waals surface area contributed by atoms with Gasteiger partial charge in [0.05, 0.1) is 0 Å². The summed E-state index contributed by atoms with van der Waals surface area (Å²) in [4.78, 5) is 2.48. The monoisotopic (exact) mass is 294 g/mol. The first-order valence-electron chi connectivity index (χ1n) is 8.10. The van der Waals surface area contributed by atoms with Gasteiger partial charge < -0.3 is 5.32 Å². The Kier molecular flexibility index (Phi) is 4.55. The second-order valence-corrected chi connectivity index (χ2v) is 6.38. The summed E-state index contributed by atoms with van der Waals surface area (Å²) in [5, 5.41) is 3.33. The van der Waals surface area contributed by atoms with Crippen molar-refractivity contribution in [2.75, 3.05) is 19.6 Å². The molecule has 0 amide bonds. The molecule has 1 aromatic rings. The fraction of sp³-hybridized carbons (Fsp3) is 0.647. The normalized spacial score (nSPS) is 20.0. The molecule has 1 unspecified atom stereocenters. The molecule has 1 aromatic carbocycles. The molecule has 1 atom stereocenters. The molecule has 0 saturated heterocycles. The predicted molar refractivity (Wildman–Crippen MR) is 80.1 cm³/mol. The van der Waals surface area contributed by atoms with Crippen LogP contribution in [0.1, 0.15) is 44.2 Å². The lowest BCUT2D eigenvalue weighted by Crippen LogP contribution is -2.38. The van der Waals surface area contributed by atoms with Gasteiger partial charge in [-0.25, -0.2) is 8.78 Å². The van der Waals surface area contributed by atoms with E-state index >= 15 is 0 Å². The van der Waals surface area contributed by atoms with Crippen molar-refractivity contribution in [3.05, 3.63) is 35.4 Å². The van der Waals surface area contributed by atoms with Crippen LogP contribution in [0.3, 0.4) is 0 Å². The van der Waals surface area contributed by atoms with Gasteiger partial charge in [0.25, 0.3) is 0 Å². The van der Waals surface area contributed by atoms with Gasteiger partial charge in [-0.15, -0.1) is 0 Å². The average Bonchev–Trinajstić information content (AvgIpc) is 3.34. The van der Waals surface area contributed by atoms with E-state index in [4.69, 9.17) is 0 Å². The third-order valence-electron chi connectivity index (χ3n) is 4.48. The lowest BCUT2D eigenvalue weighted by Gasteiger charge is -2.28. The van der Waals surface area contributed by atoms with E-state index in [9.17, 15) is 8.78 Å². The van der Waals surface area contributed by atoms with Crippen LogP contribution in [0.5, 0.6) is 0 Å². The lowest BCUT2D eigenvalue weighted by atomic mass is 10.0. The van der Waals surface area contributed by atoms with E-state index in [-0.39, 0.29) is 6.04 Å². The second-order valence-electron chi connectivity index (χ2n) is 6.38. The first kappa shape index (κ1) is 14.9. The Morgan fingerprint density at radius 1 is 1.24 bits per heavy atom. The third-order valence-corrected chi connectivity index (χ3v) is 4.48. The number of nitrogens with zero attached hydrogens (tertiary/aromatic N) is 1. The van der Waals surface area contributed by atoms with Gasteiger partial charge in [-0.05, 0) is 44.2 Å². The van der Waals surface area contributed by atoms with E-state index in [1.165, 1.54) is 31.7 Å². The van der Waals surface area contributed by atoms with E-state index in [1.54, 1.807) is 12.1 Å². The van der Waals surface area contributed by atoms with Crippen LogP contribution in [0.4, 0.5) is 8.78 Å². The Balaban J connectivity index is 1.74. The highest BCUT2D eigenvalue weighted by Crippen LogP contribution is 2.36. The maximum atomic E-state index is 14.1. The summed E-state index contributed by atoms with van der Waals surface area (Å²) in [5.41, 5.74) is 0.457. The number of hydrogen-bond acceptors (Lipinski definition) is 2. The Labute approximate surface area is 125 Å². The summed E-state index contributed by atoms with van der Waals surface area (Å²) < 4.78 is 27.6. The molecule has 2 fully saturated rings. The first-order valence-corrected chi connectivity index (χ1v) is 8.10. The Morgan fingerprint density at radius 2 is 2.00 bits per heavy atom. The van der Waals surface area contributed by atoms with Gasteiger partial charge in [0.1, 0.15) is 0 Å². The molecule has 1 N–H and O–H groups in total. The van der Waals surface area contributed by atoms with Crippen LogP contribution in [0, 0.1) is 17.6 Å². The van der Waals surface area contributed by atoms with Gasteiger partial charge in [-0.3, -0.25) is 4.90 Å². The maximum Gasteiger partial charge on any atom is 0.163 e. The van der Waals surface area contributed by atoms with Gasteiger partial charge >= 0.3 is 0 Å². The zero-order chi connectivity index (χ0) is 14.8. The number of hydrogen-bond donors (Lipinski definition) is 1. The smallest absolute Gasteiger partial charge is 0.163 e. The number of nitrogens with one attached hydrogen (secondary N) is 1. The van der Waals surface area contributed by atoms with Gasteiger partial charge in [-0.1, -0.05) is 19.1 Å². The SMILES string of the molecule is CCNC(CN(CC1CC1)C1CC1)c1cccc(F)c1F. The molecule has 0 bridgehead atoms. The molecule has 2 nitrogen and oxygen atoms in total. The van der Waals surface area contributed by atoms with Gasteiger partial charge in [0.2, 0.25) is 0 Å². The lowest BCUT2D eigenvalue weighted by molar-refractivity contribution is 0.222. The molecule has 116 valence electrons. The quantitative estimate of drug-likeness (QED) is 0.789. The van der Waals surface area contributed by atoms with Crippen molar-refractivity contribution in [3.8, 4) is 0 Å². The molecule has 0 heterocycles. The number of rotatable bonds is 8. The molecule has 3 rings (SSSR count). The van der Waals surface area contributed by atoms with E-state index in [1.807, 2.05) is 6.92 Å². The van der Waals surface area contributed by atoms with Gasteiger partial charge in [0.15, 0.2) is 11.6 Å². The topological polar surface area (TPSA) is 15.3 Å². The fourth-order valence-corrected chi connectivity index (χ4v) is 2.99. The summed E-state index contributed by atoms with van der Waals surface area (Å²) >= 11 is 0. The van der Waals surface area contributed by atoms with Crippen molar-refractivity contribution in [2.24, 2.45) is 5.92 Å². The summed E-state index contributed by atoms with van der Waals surface area (Å²) in [6.45, 7) is 4.65. The molecule has 2 aliphatic carbocycles. The van der Waals surface area contributed by atoms with E-state index in [0.29, 0.717) is 11.6 Å². The minimum atomic E-state index is -0.754. The summed E-state index contributed by atoms with van der Waals surface area (Å²) in [5.74, 6) is -0.633. The van der Waals surface area contributed by atoms with Crippen molar-refractivity contribution < 1.29 is 8.78 Å². The van der Waals surface area contributed by atoms with Crippen LogP contribution in [-0.2, 0) is 0 Å². The van der Waals surface area contributed by atoms with E-state index < -0.39 is 11.6 Å². The van der Waals surface area contributed by atoms with Crippen molar-refractivity contribution >= 4 is 0 Å². The predicted octanol–water partition coefficient (Wildman–Crippen LogP) is 3.49. The van der Waals surface area contributed by atoms with Crippen molar-refractivity contribution in [2.45, 2.75) is 44.7 Å². The highest BCUT2D eigenvalue weighted by atomic mass is 19.2. The minimum absolute atomic E-state index is 0.134. The number of benzene rings is 1. The van der Waals surface area contributed by atoms with Crippen LogP contribution in [-0.4, -0.2) is 30.6 Å². The van der Waals surface area contributed by atoms with E-state index in [2.05, 4.69) is 10.2 Å². The summed E-state index contributed by atoms with van der Waals surface area (Å²) in [7, 11) is 0. The largest absolute Gasteiger partial charge is 0.309 e. The zero-order valence-electron chi connectivity index (χ0n) is 12.6. The molecule has 21 heavy (non-hydrogen) atoms. The van der Waals surface area contributed by atoms with Crippen LogP contribution in [0.25, 0.3) is 0 Å². The first-order chi connectivity index (χ1) is 10.2. The maximum absolute atomic E-state index is 14.1. The molecular weight excluding hydrogens is 270 g/mol. The van der Waals surface area contributed by atoms with Crippen LogP contribution < -0.4 is 5.32 Å². The van der Waals surface area contributed by atoms with Crippen LogP contribution >= 0.6 is 0 Å². The van der Waals surface area contributed by atoms with Crippen molar-refractivity contribution in [3.63, 3.8) is 0 Å². The minimum Gasteiger partial charge on any atom is -0.309 e. The molecule has 0 spiro atoms. The number of halogens is 2. The molecule has 0 radical (unpaired) electrons. The zero-order valence-corrected chi connectivity index (χ0v) is 12.6. The van der Waals surface area contributed by atoms with Crippen LogP contribution in [0.2, 0.25) is 0 Å². The van der Waals surface area contributed by atoms with Crippen molar-refractivity contribution in [1.29, 1.82) is 0 Å². The van der Waals surface area contributed by atoms with Crippen molar-refractivity contribution in [1.82, 2.24) is 10.2 Å². The summed E-state index contributed by atoms with van der Waals surface area (Å²) in [6, 6.07) is 5.01. The molecule has 4 heteroatoms. The second kappa shape index (κ2) is 6.41. The Bertz CT molecular complexity index is 484. The molecular formula is C17H24F2N2. The third kappa shape index (κ3) is 3.80. The van der Waals surface area contributed by atoms with Crippen LogP contribution in [0.15, 0.2) is 18.2 Å². The Morgan fingerprint density at radius 3 is 2.62 bits per heavy atom. The van der Waals surface area contributed by atoms with Gasteiger partial charge in [0, 0.05) is 30.7 Å². The fourth-order valence-electron chi connectivity index (χ4n) is 2.99. The Hall–Kier alpha value is -1.00. The standard InChI is InChI=1S/C17H24F2N2/c1-2-20-16(14-4-3-5-15(18)17(14)19)11-21(13-8-9-13)10-12-6-7-12/h3-5,12-13,16,20H,2,6-11H2,1H3. The highest BCUT2D eigenvalue weighted by molar-refractivity contribution is 5.23. The number of likely N-dealkylation sites (N-methyl/N-ethyl adjacent to an activating group) is 1. The average molecular weight is 294 g/mol. The van der Waals surface area contributed by atoms with E-state index in [0.717, 1.165) is 25.6 Å². The molecule has 0 aromatic heterocycles. The molecule has 0 aliphatic heterocycles. The highest BCUT2D eigenvalue weighted by Gasteiger charge is 2.35. The summed E-state index contributed by atoms with van der Waals surface area (Å²) in [6.07, 6.45) is 5.14. The molecule has 2 saturated carbocycles.